The van der Waals surface area contributed by atoms with E-state index in [0.29, 0.717) is 10.4 Å². The van der Waals surface area contributed by atoms with Crippen molar-refractivity contribution in [2.75, 3.05) is 23.7 Å². The summed E-state index contributed by atoms with van der Waals surface area (Å²) in [5.74, 6) is 2.01. The summed E-state index contributed by atoms with van der Waals surface area (Å²) in [6, 6.07) is 0. The lowest BCUT2D eigenvalue weighted by atomic mass is 10.4. The molecule has 6 heteroatoms. The van der Waals surface area contributed by atoms with E-state index in [1.807, 2.05) is 11.8 Å². The minimum absolute atomic E-state index is 0.545. The first kappa shape index (κ1) is 9.55. The molecule has 0 radical (unpaired) electrons. The average Bonchev–Trinajstić information content (AvgIpc) is 2.51. The molecule has 1 aliphatic rings. The van der Waals surface area contributed by atoms with E-state index >= 15 is 0 Å². The van der Waals surface area contributed by atoms with Gasteiger partial charge in [0.2, 0.25) is 0 Å². The Kier molecular flexibility index (Phi) is 2.96. The summed E-state index contributed by atoms with van der Waals surface area (Å²) < 4.78 is 8.15. The number of aromatic nitrogens is 2. The predicted molar refractivity (Wildman–Crippen MR) is 59.1 cm³/mol. The number of hydrogen-bond acceptors (Lipinski definition) is 5. The molecule has 0 amide bonds. The van der Waals surface area contributed by atoms with Crippen molar-refractivity contribution in [3.05, 3.63) is 5.15 Å². The second kappa shape index (κ2) is 4.02. The number of anilines is 1. The van der Waals surface area contributed by atoms with Gasteiger partial charge in [-0.25, -0.2) is 0 Å². The summed E-state index contributed by atoms with van der Waals surface area (Å²) >= 11 is 9.09. The fourth-order valence-electron chi connectivity index (χ4n) is 1.37. The summed E-state index contributed by atoms with van der Waals surface area (Å²) in [5, 5.41) is 1.20. The third-order valence-corrected chi connectivity index (χ3v) is 3.98. The lowest BCUT2D eigenvalue weighted by molar-refractivity contribution is 0.775. The molecule has 2 heterocycles. The van der Waals surface area contributed by atoms with Crippen LogP contribution in [0.5, 0.6) is 0 Å². The normalized spacial score (nSPS) is 23.5. The smallest absolute Gasteiger partial charge is 0.187 e. The Morgan fingerprint density at radius 2 is 2.38 bits per heavy atom. The molecule has 1 atom stereocenters. The molecule has 0 bridgehead atoms. The topological polar surface area (TPSA) is 29.0 Å². The first-order chi connectivity index (χ1) is 6.27. The maximum atomic E-state index is 5.91. The van der Waals surface area contributed by atoms with Gasteiger partial charge in [-0.3, -0.25) is 0 Å². The highest BCUT2D eigenvalue weighted by atomic mass is 35.5. The summed E-state index contributed by atoms with van der Waals surface area (Å²) in [7, 11) is 0. The number of halogens is 1. The van der Waals surface area contributed by atoms with Crippen molar-refractivity contribution in [3.8, 4) is 0 Å². The van der Waals surface area contributed by atoms with Crippen LogP contribution in [0.25, 0.3) is 0 Å². The molecule has 1 unspecified atom stereocenters. The van der Waals surface area contributed by atoms with E-state index in [2.05, 4.69) is 20.6 Å². The molecule has 3 nitrogen and oxygen atoms in total. The van der Waals surface area contributed by atoms with Crippen LogP contribution in [0.15, 0.2) is 0 Å². The number of thioether (sulfide) groups is 1. The molecule has 1 fully saturated rings. The maximum absolute atomic E-state index is 5.91. The first-order valence-corrected chi connectivity index (χ1v) is 6.27. The van der Waals surface area contributed by atoms with Crippen LogP contribution in [0.4, 0.5) is 5.82 Å². The van der Waals surface area contributed by atoms with Crippen LogP contribution in [-0.2, 0) is 0 Å². The largest absolute Gasteiger partial charge is 0.351 e. The van der Waals surface area contributed by atoms with Crippen LogP contribution in [0.2, 0.25) is 5.15 Å². The molecule has 1 aliphatic heterocycles. The van der Waals surface area contributed by atoms with Crippen molar-refractivity contribution >= 4 is 40.9 Å². The number of nitrogens with zero attached hydrogens (tertiary/aromatic N) is 3. The van der Waals surface area contributed by atoms with Gasteiger partial charge in [0.25, 0.3) is 0 Å². The van der Waals surface area contributed by atoms with Crippen molar-refractivity contribution < 1.29 is 0 Å². The van der Waals surface area contributed by atoms with E-state index in [9.17, 15) is 0 Å². The molecule has 0 aliphatic carbocycles. The second-order valence-corrected chi connectivity index (χ2v) is 5.44. The Morgan fingerprint density at radius 1 is 1.54 bits per heavy atom. The molecule has 0 N–H and O–H groups in total. The Balaban J connectivity index is 2.12. The monoisotopic (exact) mass is 235 g/mol. The quantitative estimate of drug-likeness (QED) is 0.746. The first-order valence-electron chi connectivity index (χ1n) is 4.12. The van der Waals surface area contributed by atoms with Crippen LogP contribution in [0.3, 0.4) is 0 Å². The molecular weight excluding hydrogens is 226 g/mol. The molecule has 1 aromatic rings. The standard InChI is InChI=1S/C7H10ClN3S2/c1-5-4-11(2-3-12-5)7-6(8)9-13-10-7/h5H,2-4H2,1H3. The van der Waals surface area contributed by atoms with Crippen LogP contribution < -0.4 is 4.90 Å². The van der Waals surface area contributed by atoms with Crippen LogP contribution in [0, 0.1) is 0 Å². The van der Waals surface area contributed by atoms with Crippen molar-refractivity contribution in [3.63, 3.8) is 0 Å². The molecule has 0 spiro atoms. The second-order valence-electron chi connectivity index (χ2n) is 3.01. The van der Waals surface area contributed by atoms with Gasteiger partial charge < -0.3 is 4.90 Å². The summed E-state index contributed by atoms with van der Waals surface area (Å²) in [5.41, 5.74) is 0. The van der Waals surface area contributed by atoms with Gasteiger partial charge in [0.1, 0.15) is 0 Å². The minimum Gasteiger partial charge on any atom is -0.351 e. The van der Waals surface area contributed by atoms with Crippen LogP contribution in [-0.4, -0.2) is 32.8 Å². The molecule has 0 aromatic carbocycles. The molecule has 13 heavy (non-hydrogen) atoms. The molecule has 72 valence electrons. The number of hydrogen-bond donors (Lipinski definition) is 0. The predicted octanol–water partition coefficient (Wildman–Crippen LogP) is 2.13. The highest BCUT2D eigenvalue weighted by molar-refractivity contribution is 8.00. The zero-order chi connectivity index (χ0) is 9.26. The third kappa shape index (κ3) is 2.08. The fraction of sp³-hybridized carbons (Fsp3) is 0.714. The fourth-order valence-corrected chi connectivity index (χ4v) is 3.16. The minimum atomic E-state index is 0.545. The lowest BCUT2D eigenvalue weighted by Gasteiger charge is -2.30. The van der Waals surface area contributed by atoms with Gasteiger partial charge in [-0.15, -0.1) is 0 Å². The summed E-state index contributed by atoms with van der Waals surface area (Å²) in [6.07, 6.45) is 0. The Morgan fingerprint density at radius 3 is 3.00 bits per heavy atom. The van der Waals surface area contributed by atoms with Crippen molar-refractivity contribution in [1.29, 1.82) is 0 Å². The van der Waals surface area contributed by atoms with Gasteiger partial charge in [0, 0.05) is 24.1 Å². The zero-order valence-electron chi connectivity index (χ0n) is 7.23. The molecule has 1 aromatic heterocycles. The van der Waals surface area contributed by atoms with Gasteiger partial charge in [-0.2, -0.15) is 20.5 Å². The highest BCUT2D eigenvalue weighted by Crippen LogP contribution is 2.27. The van der Waals surface area contributed by atoms with E-state index < -0.39 is 0 Å². The SMILES string of the molecule is CC1CN(c2nsnc2Cl)CCS1. The van der Waals surface area contributed by atoms with E-state index in [0.717, 1.165) is 24.7 Å². The van der Waals surface area contributed by atoms with Crippen molar-refractivity contribution in [1.82, 2.24) is 8.75 Å². The van der Waals surface area contributed by atoms with Gasteiger partial charge in [-0.1, -0.05) is 18.5 Å². The van der Waals surface area contributed by atoms with Gasteiger partial charge in [0.15, 0.2) is 11.0 Å². The molecule has 0 saturated carbocycles. The van der Waals surface area contributed by atoms with Crippen molar-refractivity contribution in [2.24, 2.45) is 0 Å². The van der Waals surface area contributed by atoms with E-state index in [4.69, 9.17) is 11.6 Å². The third-order valence-electron chi connectivity index (χ3n) is 1.97. The molecular formula is C7H10ClN3S2. The van der Waals surface area contributed by atoms with E-state index in [-0.39, 0.29) is 0 Å². The Labute approximate surface area is 90.8 Å². The van der Waals surface area contributed by atoms with Gasteiger partial charge in [0.05, 0.1) is 11.7 Å². The van der Waals surface area contributed by atoms with Gasteiger partial charge in [-0.05, 0) is 0 Å². The molecule has 2 rings (SSSR count). The van der Waals surface area contributed by atoms with Crippen LogP contribution in [0.1, 0.15) is 6.92 Å². The zero-order valence-corrected chi connectivity index (χ0v) is 9.62. The van der Waals surface area contributed by atoms with Crippen LogP contribution >= 0.6 is 35.1 Å². The average molecular weight is 236 g/mol. The Hall–Kier alpha value is -0.0000000000000000555. The highest BCUT2D eigenvalue weighted by Gasteiger charge is 2.21. The van der Waals surface area contributed by atoms with E-state index in [1.165, 1.54) is 11.7 Å². The van der Waals surface area contributed by atoms with Crippen molar-refractivity contribution in [2.45, 2.75) is 12.2 Å². The number of rotatable bonds is 1. The summed E-state index contributed by atoms with van der Waals surface area (Å²) in [4.78, 5) is 2.22. The van der Waals surface area contributed by atoms with Gasteiger partial charge >= 0.3 is 0 Å². The summed E-state index contributed by atoms with van der Waals surface area (Å²) in [6.45, 7) is 4.28. The maximum Gasteiger partial charge on any atom is 0.187 e. The van der Waals surface area contributed by atoms with E-state index in [1.54, 1.807) is 0 Å². The molecule has 1 saturated heterocycles. The Bertz CT molecular complexity index is 291. The lowest BCUT2D eigenvalue weighted by Crippen LogP contribution is -2.36.